The first-order valence-corrected chi connectivity index (χ1v) is 8.62. The Balaban J connectivity index is 1.69. The van der Waals surface area contributed by atoms with Gasteiger partial charge in [-0.1, -0.05) is 0 Å². The molecule has 0 aromatic carbocycles. The quantitative estimate of drug-likeness (QED) is 0.739. The molecule has 3 heterocycles. The van der Waals surface area contributed by atoms with Crippen LogP contribution >= 0.6 is 11.3 Å². The molecular weight excluding hydrogens is 322 g/mol. The van der Waals surface area contributed by atoms with E-state index in [9.17, 15) is 0 Å². The van der Waals surface area contributed by atoms with Gasteiger partial charge in [0.1, 0.15) is 5.76 Å². The predicted octanol–water partition coefficient (Wildman–Crippen LogP) is 3.48. The number of oxazole rings is 1. The molecule has 0 radical (unpaired) electrons. The minimum Gasteiger partial charge on any atom is -0.440 e. The van der Waals surface area contributed by atoms with E-state index in [1.807, 2.05) is 19.3 Å². The van der Waals surface area contributed by atoms with Gasteiger partial charge in [0.2, 0.25) is 11.8 Å². The van der Waals surface area contributed by atoms with Crippen LogP contribution in [0.5, 0.6) is 0 Å². The molecule has 0 aliphatic rings. The van der Waals surface area contributed by atoms with Crippen LogP contribution in [0.2, 0.25) is 0 Å². The normalized spacial score (nSPS) is 11.2. The highest BCUT2D eigenvalue weighted by atomic mass is 32.1. The lowest BCUT2D eigenvalue weighted by Gasteiger charge is -2.15. The van der Waals surface area contributed by atoms with Crippen molar-refractivity contribution in [3.63, 3.8) is 0 Å². The second kappa shape index (κ2) is 7.11. The molecule has 1 N–H and O–H groups in total. The zero-order valence-corrected chi connectivity index (χ0v) is 15.1. The van der Waals surface area contributed by atoms with Crippen LogP contribution in [0.3, 0.4) is 0 Å². The van der Waals surface area contributed by atoms with E-state index in [0.29, 0.717) is 18.4 Å². The second-order valence-electron chi connectivity index (χ2n) is 5.79. The van der Waals surface area contributed by atoms with Gasteiger partial charge >= 0.3 is 0 Å². The van der Waals surface area contributed by atoms with Crippen molar-refractivity contribution in [3.05, 3.63) is 46.4 Å². The van der Waals surface area contributed by atoms with Crippen LogP contribution in [0, 0.1) is 13.8 Å². The van der Waals surface area contributed by atoms with Crippen molar-refractivity contribution >= 4 is 17.3 Å². The van der Waals surface area contributed by atoms with E-state index >= 15 is 0 Å². The molecule has 0 fully saturated rings. The predicted molar refractivity (Wildman–Crippen MR) is 96.0 cm³/mol. The van der Waals surface area contributed by atoms with Crippen molar-refractivity contribution in [3.8, 4) is 10.8 Å². The van der Waals surface area contributed by atoms with Crippen molar-refractivity contribution < 1.29 is 4.42 Å². The van der Waals surface area contributed by atoms with Gasteiger partial charge in [-0.2, -0.15) is 0 Å². The zero-order chi connectivity index (χ0) is 17.1. The number of hydrogen-bond acceptors (Lipinski definition) is 7. The van der Waals surface area contributed by atoms with Gasteiger partial charge in [-0.05, 0) is 37.9 Å². The van der Waals surface area contributed by atoms with E-state index in [2.05, 4.69) is 50.6 Å². The van der Waals surface area contributed by atoms with Gasteiger partial charge in [0.25, 0.3) is 0 Å². The monoisotopic (exact) mass is 343 g/mol. The molecule has 0 saturated heterocycles. The Bertz CT molecular complexity index is 809. The molecule has 0 unspecified atom stereocenters. The van der Waals surface area contributed by atoms with Gasteiger partial charge in [-0.25, -0.2) is 15.0 Å². The molecular formula is C17H21N5OS. The Hall–Kier alpha value is -2.25. The lowest BCUT2D eigenvalue weighted by atomic mass is 10.3. The topological polar surface area (TPSA) is 67.1 Å². The molecule has 6 nitrogen and oxygen atoms in total. The molecule has 0 aliphatic carbocycles. The first-order chi connectivity index (χ1) is 11.6. The number of thiophene rings is 1. The van der Waals surface area contributed by atoms with Crippen molar-refractivity contribution in [1.29, 1.82) is 0 Å². The van der Waals surface area contributed by atoms with Crippen molar-refractivity contribution in [2.75, 3.05) is 19.4 Å². The summed E-state index contributed by atoms with van der Waals surface area (Å²) < 4.78 is 5.86. The molecule has 0 amide bonds. The average molecular weight is 343 g/mol. The summed E-state index contributed by atoms with van der Waals surface area (Å²) in [6.45, 7) is 5.51. The van der Waals surface area contributed by atoms with Crippen LogP contribution in [0.15, 0.2) is 28.3 Å². The van der Waals surface area contributed by atoms with Crippen LogP contribution in [0.4, 0.5) is 5.95 Å². The third-order valence-electron chi connectivity index (χ3n) is 3.75. The summed E-state index contributed by atoms with van der Waals surface area (Å²) in [6.07, 6.45) is 3.68. The first kappa shape index (κ1) is 16.6. The van der Waals surface area contributed by atoms with Gasteiger partial charge in [-0.15, -0.1) is 11.3 Å². The summed E-state index contributed by atoms with van der Waals surface area (Å²) >= 11 is 1.66. The lowest BCUT2D eigenvalue weighted by molar-refractivity contribution is 0.312. The number of aryl methyl sites for hydroxylation is 2. The number of rotatable bonds is 6. The van der Waals surface area contributed by atoms with Crippen molar-refractivity contribution in [1.82, 2.24) is 19.9 Å². The van der Waals surface area contributed by atoms with Crippen LogP contribution in [0.1, 0.15) is 22.6 Å². The molecule has 3 rings (SSSR count). The van der Waals surface area contributed by atoms with E-state index in [1.54, 1.807) is 18.4 Å². The maximum atomic E-state index is 5.86. The van der Waals surface area contributed by atoms with Crippen LogP contribution < -0.4 is 5.32 Å². The summed E-state index contributed by atoms with van der Waals surface area (Å²) in [5, 5.41) is 4.98. The maximum absolute atomic E-state index is 5.86. The van der Waals surface area contributed by atoms with Gasteiger partial charge in [-0.3, -0.25) is 4.90 Å². The smallest absolute Gasteiger partial charge is 0.237 e. The molecule has 0 aliphatic heterocycles. The van der Waals surface area contributed by atoms with Gasteiger partial charge in [0.15, 0.2) is 0 Å². The van der Waals surface area contributed by atoms with Crippen LogP contribution in [-0.4, -0.2) is 33.9 Å². The second-order valence-corrected chi connectivity index (χ2v) is 6.71. The van der Waals surface area contributed by atoms with Crippen molar-refractivity contribution in [2.45, 2.75) is 26.9 Å². The zero-order valence-electron chi connectivity index (χ0n) is 14.3. The molecule has 7 heteroatoms. The Kier molecular flexibility index (Phi) is 4.92. The Morgan fingerprint density at radius 1 is 1.21 bits per heavy atom. The van der Waals surface area contributed by atoms with E-state index in [4.69, 9.17) is 4.42 Å². The fourth-order valence-corrected chi connectivity index (χ4v) is 3.30. The molecule has 3 aromatic rings. The molecule has 0 bridgehead atoms. The molecule has 0 atom stereocenters. The molecule has 126 valence electrons. The third-order valence-corrected chi connectivity index (χ3v) is 4.75. The minimum atomic E-state index is 0.629. The SMILES string of the molecule is CNc1ncc(CN(C)Cc2nc(-c3sccc3C)oc2C)cn1. The number of aromatic nitrogens is 3. The van der Waals surface area contributed by atoms with Crippen LogP contribution in [0.25, 0.3) is 10.8 Å². The maximum Gasteiger partial charge on any atom is 0.237 e. The highest BCUT2D eigenvalue weighted by Gasteiger charge is 2.15. The standard InChI is InChI=1S/C17H21N5OS/c1-11-5-6-24-15(11)16-21-14(12(2)23-16)10-22(4)9-13-7-19-17(18-3)20-8-13/h5-8H,9-10H2,1-4H3,(H,18,19,20). The third kappa shape index (κ3) is 3.63. The first-order valence-electron chi connectivity index (χ1n) is 7.75. The number of anilines is 1. The van der Waals surface area contributed by atoms with Crippen molar-refractivity contribution in [2.24, 2.45) is 0 Å². The molecule has 0 spiro atoms. The van der Waals surface area contributed by atoms with E-state index in [-0.39, 0.29) is 0 Å². The van der Waals surface area contributed by atoms with Gasteiger partial charge in [0, 0.05) is 38.1 Å². The van der Waals surface area contributed by atoms with Gasteiger partial charge in [0.05, 0.1) is 10.6 Å². The Morgan fingerprint density at radius 3 is 2.58 bits per heavy atom. The number of nitrogens with one attached hydrogen (secondary N) is 1. The summed E-state index contributed by atoms with van der Waals surface area (Å²) in [6, 6.07) is 2.08. The number of hydrogen-bond donors (Lipinski definition) is 1. The Labute approximate surface area is 145 Å². The summed E-state index contributed by atoms with van der Waals surface area (Å²) in [5.41, 5.74) is 3.22. The molecule has 0 saturated carbocycles. The minimum absolute atomic E-state index is 0.629. The fourth-order valence-electron chi connectivity index (χ4n) is 2.45. The highest BCUT2D eigenvalue weighted by Crippen LogP contribution is 2.30. The van der Waals surface area contributed by atoms with Gasteiger partial charge < -0.3 is 9.73 Å². The number of nitrogens with zero attached hydrogens (tertiary/aromatic N) is 4. The highest BCUT2D eigenvalue weighted by molar-refractivity contribution is 7.13. The summed E-state index contributed by atoms with van der Waals surface area (Å²) in [4.78, 5) is 16.4. The average Bonchev–Trinajstić information content (AvgIpc) is 3.14. The largest absolute Gasteiger partial charge is 0.440 e. The fraction of sp³-hybridized carbons (Fsp3) is 0.353. The van der Waals surface area contributed by atoms with E-state index in [1.165, 1.54) is 5.56 Å². The molecule has 3 aromatic heterocycles. The van der Waals surface area contributed by atoms with E-state index in [0.717, 1.165) is 28.4 Å². The molecule has 24 heavy (non-hydrogen) atoms. The van der Waals surface area contributed by atoms with E-state index < -0.39 is 0 Å². The summed E-state index contributed by atoms with van der Waals surface area (Å²) in [5.74, 6) is 2.21. The lowest BCUT2D eigenvalue weighted by Crippen LogP contribution is -2.18. The summed E-state index contributed by atoms with van der Waals surface area (Å²) in [7, 11) is 3.86. The van der Waals surface area contributed by atoms with Crippen LogP contribution in [-0.2, 0) is 13.1 Å². The Morgan fingerprint density at radius 2 is 1.96 bits per heavy atom.